The first kappa shape index (κ1) is 13.0. The summed E-state index contributed by atoms with van der Waals surface area (Å²) in [7, 11) is 0. The lowest BCUT2D eigenvalue weighted by atomic mass is 9.96. The molecule has 0 saturated carbocycles. The molecule has 0 fully saturated rings. The second-order valence-electron chi connectivity index (χ2n) is 3.61. The normalized spacial score (nSPS) is 11.9. The molecule has 0 aliphatic rings. The van der Waals surface area contributed by atoms with Crippen LogP contribution in [0.1, 0.15) is 24.8 Å². The molecule has 16 heavy (non-hydrogen) atoms. The summed E-state index contributed by atoms with van der Waals surface area (Å²) in [6, 6.07) is 9.82. The van der Waals surface area contributed by atoms with Gasteiger partial charge in [0.15, 0.2) is 0 Å². The Labute approximate surface area is 105 Å². The summed E-state index contributed by atoms with van der Waals surface area (Å²) in [6.07, 6.45) is 0.796. The number of benzene rings is 1. The molecule has 1 aromatic carbocycles. The number of rotatable bonds is 5. The molecule has 0 radical (unpaired) electrons. The van der Waals surface area contributed by atoms with Gasteiger partial charge < -0.3 is 5.32 Å². The molecule has 0 heterocycles. The van der Waals surface area contributed by atoms with Crippen LogP contribution < -0.4 is 5.32 Å². The fourth-order valence-electron chi connectivity index (χ4n) is 1.56. The van der Waals surface area contributed by atoms with E-state index in [9.17, 15) is 4.79 Å². The fraction of sp³-hybridized carbons (Fsp3) is 0.308. The molecule has 0 bridgehead atoms. The topological polar surface area (TPSA) is 29.1 Å². The van der Waals surface area contributed by atoms with Gasteiger partial charge >= 0.3 is 0 Å². The van der Waals surface area contributed by atoms with Gasteiger partial charge in [-0.1, -0.05) is 59.8 Å². The molecule has 1 atom stereocenters. The maximum Gasteiger partial charge on any atom is 0.227 e. The Morgan fingerprint density at radius 3 is 2.56 bits per heavy atom. The van der Waals surface area contributed by atoms with Gasteiger partial charge in [-0.15, -0.1) is 0 Å². The maximum absolute atomic E-state index is 11.9. The minimum Gasteiger partial charge on any atom is -0.351 e. The van der Waals surface area contributed by atoms with E-state index >= 15 is 0 Å². The standard InChI is InChI=1S/C13H16BrNO/c1-3-12(11-7-5-4-6-8-11)13(16)15-9-10(2)14/h4-8,12H,2-3,9H2,1H3,(H,15,16). The third-order valence-corrected chi connectivity index (χ3v) is 2.66. The van der Waals surface area contributed by atoms with Crippen LogP contribution in [0, 0.1) is 0 Å². The third kappa shape index (κ3) is 3.81. The van der Waals surface area contributed by atoms with E-state index in [0.29, 0.717) is 6.54 Å². The van der Waals surface area contributed by atoms with Crippen molar-refractivity contribution in [2.24, 2.45) is 0 Å². The van der Waals surface area contributed by atoms with Crippen molar-refractivity contribution in [1.82, 2.24) is 5.32 Å². The molecular formula is C13H16BrNO. The average molecular weight is 282 g/mol. The zero-order chi connectivity index (χ0) is 12.0. The summed E-state index contributed by atoms with van der Waals surface area (Å²) in [5, 5.41) is 2.85. The molecular weight excluding hydrogens is 266 g/mol. The lowest BCUT2D eigenvalue weighted by molar-refractivity contribution is -0.122. The number of hydrogen-bond acceptors (Lipinski definition) is 1. The third-order valence-electron chi connectivity index (χ3n) is 2.38. The smallest absolute Gasteiger partial charge is 0.227 e. The molecule has 0 spiro atoms. The van der Waals surface area contributed by atoms with Crippen LogP contribution in [0.15, 0.2) is 41.4 Å². The summed E-state index contributed by atoms with van der Waals surface area (Å²) in [6.45, 7) is 6.18. The van der Waals surface area contributed by atoms with E-state index in [1.807, 2.05) is 37.3 Å². The summed E-state index contributed by atoms with van der Waals surface area (Å²) in [5.74, 6) is -0.0256. The Hall–Kier alpha value is -1.09. The Morgan fingerprint density at radius 2 is 2.06 bits per heavy atom. The molecule has 1 rings (SSSR count). The van der Waals surface area contributed by atoms with Crippen LogP contribution in [-0.2, 0) is 4.79 Å². The highest BCUT2D eigenvalue weighted by atomic mass is 79.9. The molecule has 0 aliphatic heterocycles. The van der Waals surface area contributed by atoms with Crippen molar-refractivity contribution >= 4 is 21.8 Å². The second kappa shape index (κ2) is 6.48. The van der Waals surface area contributed by atoms with Gasteiger partial charge in [0, 0.05) is 11.0 Å². The summed E-state index contributed by atoms with van der Waals surface area (Å²) >= 11 is 3.22. The zero-order valence-corrected chi connectivity index (χ0v) is 11.0. The van der Waals surface area contributed by atoms with Crippen LogP contribution in [0.25, 0.3) is 0 Å². The highest BCUT2D eigenvalue weighted by Crippen LogP contribution is 2.19. The zero-order valence-electron chi connectivity index (χ0n) is 9.37. The van der Waals surface area contributed by atoms with Gasteiger partial charge in [-0.05, 0) is 12.0 Å². The van der Waals surface area contributed by atoms with E-state index in [-0.39, 0.29) is 11.8 Å². The number of nitrogens with one attached hydrogen (secondary N) is 1. The average Bonchev–Trinajstić information content (AvgIpc) is 2.29. The number of hydrogen-bond donors (Lipinski definition) is 1. The van der Waals surface area contributed by atoms with E-state index in [2.05, 4.69) is 27.8 Å². The Bertz CT molecular complexity index is 361. The Morgan fingerprint density at radius 1 is 1.44 bits per heavy atom. The number of halogens is 1. The van der Waals surface area contributed by atoms with Crippen molar-refractivity contribution in [3.05, 3.63) is 47.0 Å². The summed E-state index contributed by atoms with van der Waals surface area (Å²) < 4.78 is 0.781. The van der Waals surface area contributed by atoms with Crippen molar-refractivity contribution < 1.29 is 4.79 Å². The first-order chi connectivity index (χ1) is 7.65. The summed E-state index contributed by atoms with van der Waals surface area (Å²) in [4.78, 5) is 11.9. The lowest BCUT2D eigenvalue weighted by Gasteiger charge is -2.15. The van der Waals surface area contributed by atoms with Gasteiger partial charge in [0.05, 0.1) is 5.92 Å². The second-order valence-corrected chi connectivity index (χ2v) is 4.73. The predicted molar refractivity (Wildman–Crippen MR) is 70.6 cm³/mol. The van der Waals surface area contributed by atoms with Gasteiger partial charge in [-0.3, -0.25) is 4.79 Å². The van der Waals surface area contributed by atoms with Gasteiger partial charge in [0.2, 0.25) is 5.91 Å². The molecule has 0 aliphatic carbocycles. The van der Waals surface area contributed by atoms with Crippen LogP contribution in [-0.4, -0.2) is 12.5 Å². The molecule has 1 N–H and O–H groups in total. The number of carbonyl (C=O) groups is 1. The van der Waals surface area contributed by atoms with Crippen molar-refractivity contribution in [1.29, 1.82) is 0 Å². The van der Waals surface area contributed by atoms with Crippen LogP contribution in [0.3, 0.4) is 0 Å². The minimum absolute atomic E-state index is 0.0503. The van der Waals surface area contributed by atoms with Crippen LogP contribution in [0.2, 0.25) is 0 Å². The van der Waals surface area contributed by atoms with Crippen LogP contribution in [0.4, 0.5) is 0 Å². The van der Waals surface area contributed by atoms with Crippen molar-refractivity contribution in [2.75, 3.05) is 6.54 Å². The molecule has 0 aromatic heterocycles. The van der Waals surface area contributed by atoms with Gasteiger partial charge in [-0.2, -0.15) is 0 Å². The van der Waals surface area contributed by atoms with Crippen LogP contribution in [0.5, 0.6) is 0 Å². The van der Waals surface area contributed by atoms with E-state index in [1.54, 1.807) is 0 Å². The van der Waals surface area contributed by atoms with E-state index in [4.69, 9.17) is 0 Å². The van der Waals surface area contributed by atoms with E-state index in [1.165, 1.54) is 0 Å². The fourth-order valence-corrected chi connectivity index (χ4v) is 1.70. The summed E-state index contributed by atoms with van der Waals surface area (Å²) in [5.41, 5.74) is 1.06. The number of carbonyl (C=O) groups excluding carboxylic acids is 1. The Kier molecular flexibility index (Phi) is 5.26. The van der Waals surface area contributed by atoms with Crippen molar-refractivity contribution in [3.8, 4) is 0 Å². The molecule has 86 valence electrons. The van der Waals surface area contributed by atoms with Gasteiger partial charge in [0.25, 0.3) is 0 Å². The molecule has 0 saturated heterocycles. The SMILES string of the molecule is C=C(Br)CNC(=O)C(CC)c1ccccc1. The molecule has 3 heteroatoms. The highest BCUT2D eigenvalue weighted by Gasteiger charge is 2.17. The van der Waals surface area contributed by atoms with Gasteiger partial charge in [0.1, 0.15) is 0 Å². The largest absolute Gasteiger partial charge is 0.351 e. The molecule has 1 aromatic rings. The quantitative estimate of drug-likeness (QED) is 0.882. The number of amides is 1. The van der Waals surface area contributed by atoms with Gasteiger partial charge in [-0.25, -0.2) is 0 Å². The molecule has 1 unspecified atom stereocenters. The molecule has 2 nitrogen and oxygen atoms in total. The first-order valence-electron chi connectivity index (χ1n) is 5.31. The molecule has 1 amide bonds. The lowest BCUT2D eigenvalue weighted by Crippen LogP contribution is -2.29. The van der Waals surface area contributed by atoms with E-state index in [0.717, 1.165) is 16.5 Å². The first-order valence-corrected chi connectivity index (χ1v) is 6.10. The highest BCUT2D eigenvalue weighted by molar-refractivity contribution is 9.11. The minimum atomic E-state index is -0.0759. The maximum atomic E-state index is 11.9. The Balaban J connectivity index is 2.68. The monoisotopic (exact) mass is 281 g/mol. The predicted octanol–water partition coefficient (Wildman–Crippen LogP) is 3.21. The van der Waals surface area contributed by atoms with Crippen molar-refractivity contribution in [3.63, 3.8) is 0 Å². The van der Waals surface area contributed by atoms with E-state index < -0.39 is 0 Å². The van der Waals surface area contributed by atoms with Crippen LogP contribution >= 0.6 is 15.9 Å². The van der Waals surface area contributed by atoms with Crippen molar-refractivity contribution in [2.45, 2.75) is 19.3 Å².